The molecule has 0 aliphatic heterocycles. The summed E-state index contributed by atoms with van der Waals surface area (Å²) in [6.45, 7) is 5.06. The molecule has 0 atom stereocenters. The van der Waals surface area contributed by atoms with Gasteiger partial charge in [-0.05, 0) is 29.8 Å². The van der Waals surface area contributed by atoms with Crippen molar-refractivity contribution in [1.29, 1.82) is 0 Å². The summed E-state index contributed by atoms with van der Waals surface area (Å²) in [6, 6.07) is 0. The predicted octanol–water partition coefficient (Wildman–Crippen LogP) is 2.52. The first-order valence-corrected chi connectivity index (χ1v) is 4.99. The molecule has 0 saturated heterocycles. The number of aromatic nitrogens is 3. The average Bonchev–Trinajstić information content (AvgIpc) is 2.42. The van der Waals surface area contributed by atoms with E-state index in [4.69, 9.17) is 0 Å². The van der Waals surface area contributed by atoms with E-state index in [1.165, 1.54) is 0 Å². The van der Waals surface area contributed by atoms with Gasteiger partial charge in [-0.3, -0.25) is 4.98 Å². The van der Waals surface area contributed by atoms with E-state index in [9.17, 15) is 0 Å². The van der Waals surface area contributed by atoms with E-state index in [1.54, 1.807) is 12.4 Å². The van der Waals surface area contributed by atoms with Crippen LogP contribution in [-0.2, 0) is 6.54 Å². The van der Waals surface area contributed by atoms with Crippen LogP contribution in [-0.4, -0.2) is 14.5 Å². The van der Waals surface area contributed by atoms with Crippen LogP contribution < -0.4 is 0 Å². The molecule has 0 spiro atoms. The molecular weight excluding hydrogens is 230 g/mol. The van der Waals surface area contributed by atoms with Crippen molar-refractivity contribution in [3.63, 3.8) is 0 Å². The number of pyridine rings is 1. The molecule has 0 bridgehead atoms. The fourth-order valence-corrected chi connectivity index (χ4v) is 2.09. The molecule has 68 valence electrons. The van der Waals surface area contributed by atoms with Crippen LogP contribution in [0.1, 0.15) is 12.7 Å². The van der Waals surface area contributed by atoms with Crippen molar-refractivity contribution >= 4 is 27.0 Å². The Morgan fingerprint density at radius 3 is 2.92 bits per heavy atom. The third-order valence-corrected chi connectivity index (χ3v) is 2.69. The van der Waals surface area contributed by atoms with Crippen LogP contribution in [0.25, 0.3) is 11.0 Å². The topological polar surface area (TPSA) is 30.7 Å². The van der Waals surface area contributed by atoms with Crippen LogP contribution in [0, 0.1) is 6.92 Å². The normalized spacial score (nSPS) is 11.0. The van der Waals surface area contributed by atoms with Crippen LogP contribution >= 0.6 is 15.9 Å². The van der Waals surface area contributed by atoms with E-state index in [0.717, 1.165) is 27.9 Å². The Morgan fingerprint density at radius 1 is 1.46 bits per heavy atom. The molecule has 0 amide bonds. The minimum atomic E-state index is 0.935. The Kier molecular flexibility index (Phi) is 2.07. The van der Waals surface area contributed by atoms with E-state index in [1.807, 2.05) is 6.92 Å². The molecule has 3 nitrogen and oxygen atoms in total. The van der Waals surface area contributed by atoms with Crippen LogP contribution in [0.3, 0.4) is 0 Å². The molecule has 13 heavy (non-hydrogen) atoms. The summed E-state index contributed by atoms with van der Waals surface area (Å²) in [5.74, 6) is 1.03. The zero-order valence-electron chi connectivity index (χ0n) is 7.58. The molecule has 2 aromatic heterocycles. The molecule has 0 aliphatic carbocycles. The van der Waals surface area contributed by atoms with Crippen molar-refractivity contribution < 1.29 is 0 Å². The van der Waals surface area contributed by atoms with Crippen LogP contribution in [0.4, 0.5) is 0 Å². The monoisotopic (exact) mass is 239 g/mol. The predicted molar refractivity (Wildman–Crippen MR) is 55.6 cm³/mol. The number of halogens is 1. The minimum Gasteiger partial charge on any atom is -0.327 e. The highest BCUT2D eigenvalue weighted by molar-refractivity contribution is 9.10. The van der Waals surface area contributed by atoms with Gasteiger partial charge in [-0.25, -0.2) is 4.98 Å². The molecule has 2 aromatic rings. The maximum Gasteiger partial charge on any atom is 0.108 e. The van der Waals surface area contributed by atoms with Gasteiger partial charge in [-0.1, -0.05) is 0 Å². The van der Waals surface area contributed by atoms with Crippen LogP contribution in [0.5, 0.6) is 0 Å². The SMILES string of the molecule is CCn1c(C)nc2cncc(Br)c21. The zero-order valence-corrected chi connectivity index (χ0v) is 9.17. The number of imidazole rings is 1. The first kappa shape index (κ1) is 8.69. The van der Waals surface area contributed by atoms with Crippen molar-refractivity contribution in [1.82, 2.24) is 14.5 Å². The lowest BCUT2D eigenvalue weighted by Crippen LogP contribution is -1.96. The quantitative estimate of drug-likeness (QED) is 0.766. The molecule has 4 heteroatoms. The lowest BCUT2D eigenvalue weighted by atomic mass is 10.4. The summed E-state index contributed by atoms with van der Waals surface area (Å²) < 4.78 is 3.17. The summed E-state index contributed by atoms with van der Waals surface area (Å²) in [6.07, 6.45) is 3.59. The van der Waals surface area contributed by atoms with E-state index in [-0.39, 0.29) is 0 Å². The highest BCUT2D eigenvalue weighted by Gasteiger charge is 2.08. The van der Waals surface area contributed by atoms with Gasteiger partial charge in [0, 0.05) is 12.7 Å². The third kappa shape index (κ3) is 1.25. The Hall–Kier alpha value is -0.900. The molecule has 0 saturated carbocycles. The number of hydrogen-bond donors (Lipinski definition) is 0. The third-order valence-electron chi connectivity index (χ3n) is 2.11. The van der Waals surface area contributed by atoms with E-state index < -0.39 is 0 Å². The van der Waals surface area contributed by atoms with E-state index in [2.05, 4.69) is 37.4 Å². The maximum atomic E-state index is 4.42. The molecule has 0 aliphatic rings. The zero-order chi connectivity index (χ0) is 9.42. The van der Waals surface area contributed by atoms with Crippen LogP contribution in [0.2, 0.25) is 0 Å². The molecule has 2 rings (SSSR count). The summed E-state index contributed by atoms with van der Waals surface area (Å²) in [4.78, 5) is 8.49. The number of fused-ring (bicyclic) bond motifs is 1. The second-order valence-corrected chi connectivity index (χ2v) is 3.75. The molecule has 0 N–H and O–H groups in total. The second-order valence-electron chi connectivity index (χ2n) is 2.89. The second kappa shape index (κ2) is 3.10. The number of rotatable bonds is 1. The molecule has 0 aromatic carbocycles. The highest BCUT2D eigenvalue weighted by atomic mass is 79.9. The Morgan fingerprint density at radius 2 is 2.23 bits per heavy atom. The van der Waals surface area contributed by atoms with Crippen molar-refractivity contribution in [2.45, 2.75) is 20.4 Å². The maximum absolute atomic E-state index is 4.42. The fourth-order valence-electron chi connectivity index (χ4n) is 1.55. The Bertz CT molecular complexity index is 447. The van der Waals surface area contributed by atoms with Gasteiger partial charge in [0.1, 0.15) is 11.3 Å². The average molecular weight is 240 g/mol. The van der Waals surface area contributed by atoms with E-state index >= 15 is 0 Å². The standard InChI is InChI=1S/C9H10BrN3/c1-3-13-6(2)12-8-5-11-4-7(10)9(8)13/h4-5H,3H2,1-2H3. The number of nitrogens with zero attached hydrogens (tertiary/aromatic N) is 3. The fraction of sp³-hybridized carbons (Fsp3) is 0.333. The summed E-state index contributed by atoms with van der Waals surface area (Å²) in [5.41, 5.74) is 2.09. The molecule has 0 unspecified atom stereocenters. The minimum absolute atomic E-state index is 0.935. The smallest absolute Gasteiger partial charge is 0.108 e. The molecule has 2 heterocycles. The first-order chi connectivity index (χ1) is 6.24. The van der Waals surface area contributed by atoms with Crippen molar-refractivity contribution in [3.05, 3.63) is 22.7 Å². The number of hydrogen-bond acceptors (Lipinski definition) is 2. The summed E-state index contributed by atoms with van der Waals surface area (Å²) in [5, 5.41) is 0. The highest BCUT2D eigenvalue weighted by Crippen LogP contribution is 2.23. The van der Waals surface area contributed by atoms with Crippen LogP contribution in [0.15, 0.2) is 16.9 Å². The summed E-state index contributed by atoms with van der Waals surface area (Å²) in [7, 11) is 0. The first-order valence-electron chi connectivity index (χ1n) is 4.20. The van der Waals surface area contributed by atoms with Crippen molar-refractivity contribution in [2.24, 2.45) is 0 Å². The number of aryl methyl sites for hydroxylation is 2. The van der Waals surface area contributed by atoms with Crippen molar-refractivity contribution in [3.8, 4) is 0 Å². The Balaban J connectivity index is 2.88. The largest absolute Gasteiger partial charge is 0.327 e. The molecule has 0 fully saturated rings. The van der Waals surface area contributed by atoms with Gasteiger partial charge in [-0.2, -0.15) is 0 Å². The molecule has 0 radical (unpaired) electrons. The lowest BCUT2D eigenvalue weighted by Gasteiger charge is -2.02. The summed E-state index contributed by atoms with van der Waals surface area (Å²) >= 11 is 3.48. The Labute approximate surface area is 84.9 Å². The van der Waals surface area contributed by atoms with Gasteiger partial charge in [0.2, 0.25) is 0 Å². The van der Waals surface area contributed by atoms with Gasteiger partial charge in [-0.15, -0.1) is 0 Å². The lowest BCUT2D eigenvalue weighted by molar-refractivity contribution is 0.752. The van der Waals surface area contributed by atoms with Gasteiger partial charge >= 0.3 is 0 Å². The van der Waals surface area contributed by atoms with Gasteiger partial charge in [0.05, 0.1) is 16.2 Å². The van der Waals surface area contributed by atoms with Gasteiger partial charge in [0.25, 0.3) is 0 Å². The molecular formula is C9H10BrN3. The van der Waals surface area contributed by atoms with Gasteiger partial charge < -0.3 is 4.57 Å². The van der Waals surface area contributed by atoms with Crippen molar-refractivity contribution in [2.75, 3.05) is 0 Å². The van der Waals surface area contributed by atoms with Gasteiger partial charge in [0.15, 0.2) is 0 Å². The van der Waals surface area contributed by atoms with E-state index in [0.29, 0.717) is 0 Å².